The number of pyridine rings is 1. The number of fused-ring (bicyclic) bond motifs is 1. The zero-order valence-electron chi connectivity index (χ0n) is 14.5. The van der Waals surface area contributed by atoms with Crippen molar-refractivity contribution in [3.05, 3.63) is 53.2 Å². The van der Waals surface area contributed by atoms with Crippen molar-refractivity contribution < 1.29 is 14.3 Å². The van der Waals surface area contributed by atoms with Crippen molar-refractivity contribution in [2.75, 3.05) is 31.6 Å². The van der Waals surface area contributed by atoms with Crippen molar-refractivity contribution >= 4 is 23.5 Å². The van der Waals surface area contributed by atoms with Crippen molar-refractivity contribution in [1.82, 2.24) is 9.88 Å². The van der Waals surface area contributed by atoms with E-state index >= 15 is 0 Å². The molecule has 0 bridgehead atoms. The Morgan fingerprint density at radius 2 is 2.08 bits per heavy atom. The van der Waals surface area contributed by atoms with E-state index in [2.05, 4.69) is 9.88 Å². The lowest BCUT2D eigenvalue weighted by atomic mass is 10.1. The Bertz CT molecular complexity index is 799. The summed E-state index contributed by atoms with van der Waals surface area (Å²) in [5, 5.41) is 0.614. The zero-order chi connectivity index (χ0) is 18.1. The van der Waals surface area contributed by atoms with Gasteiger partial charge in [0, 0.05) is 19.3 Å². The molecule has 0 N–H and O–H groups in total. The molecule has 2 fully saturated rings. The summed E-state index contributed by atoms with van der Waals surface area (Å²) in [5.74, 6) is 1.57. The highest BCUT2D eigenvalue weighted by Gasteiger charge is 2.47. The van der Waals surface area contributed by atoms with Gasteiger partial charge in [-0.05, 0) is 36.2 Å². The van der Waals surface area contributed by atoms with Gasteiger partial charge in [-0.2, -0.15) is 0 Å². The lowest BCUT2D eigenvalue weighted by Crippen LogP contribution is -2.39. The maximum atomic E-state index is 12.2. The number of hydrogen-bond acceptors (Lipinski definition) is 5. The monoisotopic (exact) mass is 373 g/mol. The third-order valence-corrected chi connectivity index (χ3v) is 5.26. The van der Waals surface area contributed by atoms with Gasteiger partial charge in [0.15, 0.2) is 0 Å². The van der Waals surface area contributed by atoms with E-state index in [1.54, 1.807) is 13.3 Å². The first-order chi connectivity index (χ1) is 12.7. The zero-order valence-corrected chi connectivity index (χ0v) is 15.2. The number of halogens is 1. The molecule has 1 aromatic heterocycles. The Morgan fingerprint density at radius 1 is 1.27 bits per heavy atom. The average Bonchev–Trinajstić information content (AvgIpc) is 3.18. The Balaban J connectivity index is 1.42. The minimum atomic E-state index is -0.236. The molecule has 4 rings (SSSR count). The molecule has 0 radical (unpaired) electrons. The Labute approximate surface area is 157 Å². The lowest BCUT2D eigenvalue weighted by Gasteiger charge is -2.23. The second kappa shape index (κ2) is 7.03. The maximum absolute atomic E-state index is 12.2. The van der Waals surface area contributed by atoms with Crippen LogP contribution in [-0.4, -0.2) is 54.9 Å². The van der Waals surface area contributed by atoms with E-state index in [-0.39, 0.29) is 18.2 Å². The van der Waals surface area contributed by atoms with E-state index in [1.807, 2.05) is 41.3 Å². The predicted molar refractivity (Wildman–Crippen MR) is 98.9 cm³/mol. The number of carbonyl (C=O) groups is 1. The molecule has 0 aliphatic carbocycles. The SMILES string of the molecule is COc1ccc(CCN2C(=O)O[C@@H]3CN(c4ncccc4Cl)C[C@@H]32)cc1. The Hall–Kier alpha value is -2.47. The molecule has 2 aromatic rings. The summed E-state index contributed by atoms with van der Waals surface area (Å²) < 4.78 is 10.7. The number of methoxy groups -OCH3 is 1. The van der Waals surface area contributed by atoms with Gasteiger partial charge in [0.2, 0.25) is 0 Å². The third-order valence-electron chi connectivity index (χ3n) is 4.96. The maximum Gasteiger partial charge on any atom is 0.410 e. The largest absolute Gasteiger partial charge is 0.497 e. The summed E-state index contributed by atoms with van der Waals surface area (Å²) in [4.78, 5) is 20.5. The number of nitrogens with zero attached hydrogens (tertiary/aromatic N) is 3. The van der Waals surface area contributed by atoms with Gasteiger partial charge in [-0.25, -0.2) is 9.78 Å². The Morgan fingerprint density at radius 3 is 2.81 bits per heavy atom. The van der Waals surface area contributed by atoms with Gasteiger partial charge in [0.05, 0.1) is 24.7 Å². The predicted octanol–water partition coefficient (Wildman–Crippen LogP) is 3.00. The molecule has 0 saturated carbocycles. The van der Waals surface area contributed by atoms with Gasteiger partial charge in [-0.15, -0.1) is 0 Å². The Kier molecular flexibility index (Phi) is 4.59. The van der Waals surface area contributed by atoms with Crippen molar-refractivity contribution in [3.63, 3.8) is 0 Å². The quantitative estimate of drug-likeness (QED) is 0.806. The topological polar surface area (TPSA) is 54.9 Å². The number of aromatic nitrogens is 1. The van der Waals surface area contributed by atoms with Crippen LogP contribution in [0.25, 0.3) is 0 Å². The minimum Gasteiger partial charge on any atom is -0.497 e. The van der Waals surface area contributed by atoms with Crippen LogP contribution in [0, 0.1) is 0 Å². The van der Waals surface area contributed by atoms with Crippen LogP contribution in [0.2, 0.25) is 5.02 Å². The van der Waals surface area contributed by atoms with Crippen molar-refractivity contribution in [2.24, 2.45) is 0 Å². The van der Waals surface area contributed by atoms with Gasteiger partial charge >= 0.3 is 6.09 Å². The van der Waals surface area contributed by atoms with Gasteiger partial charge in [0.25, 0.3) is 0 Å². The fraction of sp³-hybridized carbons (Fsp3) is 0.368. The molecular formula is C19H20ClN3O3. The number of amides is 1. The van der Waals surface area contributed by atoms with Crippen LogP contribution >= 0.6 is 11.6 Å². The molecule has 1 aromatic carbocycles. The average molecular weight is 374 g/mol. The highest BCUT2D eigenvalue weighted by atomic mass is 35.5. The highest BCUT2D eigenvalue weighted by molar-refractivity contribution is 6.32. The summed E-state index contributed by atoms with van der Waals surface area (Å²) >= 11 is 6.26. The number of carbonyl (C=O) groups excluding carboxylic acids is 1. The standard InChI is InChI=1S/C19H20ClN3O3/c1-25-14-6-4-13(5-7-14)8-10-23-16-11-22(12-17(16)26-19(23)24)18-15(20)3-2-9-21-18/h2-7,9,16-17H,8,10-12H2,1H3/t16-,17+/m0/s1. The van der Waals surface area contributed by atoms with E-state index in [1.165, 1.54) is 0 Å². The first-order valence-electron chi connectivity index (χ1n) is 8.61. The van der Waals surface area contributed by atoms with Crippen LogP contribution in [0.4, 0.5) is 10.6 Å². The second-order valence-electron chi connectivity index (χ2n) is 6.49. The van der Waals surface area contributed by atoms with Crippen LogP contribution in [0.1, 0.15) is 5.56 Å². The number of anilines is 1. The van der Waals surface area contributed by atoms with Crippen LogP contribution in [0.3, 0.4) is 0 Å². The summed E-state index contributed by atoms with van der Waals surface area (Å²) in [7, 11) is 1.65. The highest BCUT2D eigenvalue weighted by Crippen LogP contribution is 2.32. The molecule has 6 nitrogen and oxygen atoms in total. The van der Waals surface area contributed by atoms with Crippen LogP contribution < -0.4 is 9.64 Å². The van der Waals surface area contributed by atoms with Gasteiger partial charge in [0.1, 0.15) is 17.7 Å². The van der Waals surface area contributed by atoms with Crippen molar-refractivity contribution in [2.45, 2.75) is 18.6 Å². The van der Waals surface area contributed by atoms with E-state index in [0.717, 1.165) is 23.6 Å². The van der Waals surface area contributed by atoms with Gasteiger partial charge in [-0.3, -0.25) is 4.90 Å². The molecule has 2 saturated heterocycles. The number of hydrogen-bond donors (Lipinski definition) is 0. The molecule has 3 heterocycles. The van der Waals surface area contributed by atoms with Gasteiger partial charge in [-0.1, -0.05) is 23.7 Å². The molecule has 2 atom stereocenters. The minimum absolute atomic E-state index is 0.0267. The normalized spacial score (nSPS) is 21.7. The summed E-state index contributed by atoms with van der Waals surface area (Å²) in [6.07, 6.45) is 2.12. The summed E-state index contributed by atoms with van der Waals surface area (Å²) in [5.41, 5.74) is 1.16. The number of benzene rings is 1. The van der Waals surface area contributed by atoms with Crippen LogP contribution in [-0.2, 0) is 11.2 Å². The molecule has 2 aliphatic rings. The summed E-state index contributed by atoms with van der Waals surface area (Å²) in [6.45, 7) is 1.91. The number of ether oxygens (including phenoxy) is 2. The molecule has 0 unspecified atom stereocenters. The molecule has 1 amide bonds. The smallest absolute Gasteiger partial charge is 0.410 e. The van der Waals surface area contributed by atoms with Crippen molar-refractivity contribution in [1.29, 1.82) is 0 Å². The first-order valence-corrected chi connectivity index (χ1v) is 8.99. The van der Waals surface area contributed by atoms with Gasteiger partial charge < -0.3 is 14.4 Å². The van der Waals surface area contributed by atoms with E-state index in [4.69, 9.17) is 21.1 Å². The van der Waals surface area contributed by atoms with Crippen LogP contribution in [0.5, 0.6) is 5.75 Å². The van der Waals surface area contributed by atoms with E-state index < -0.39 is 0 Å². The fourth-order valence-electron chi connectivity index (χ4n) is 3.59. The molecular weight excluding hydrogens is 354 g/mol. The fourth-order valence-corrected chi connectivity index (χ4v) is 3.83. The van der Waals surface area contributed by atoms with Crippen molar-refractivity contribution in [3.8, 4) is 5.75 Å². The number of rotatable bonds is 5. The second-order valence-corrected chi connectivity index (χ2v) is 6.90. The molecule has 7 heteroatoms. The van der Waals surface area contributed by atoms with E-state index in [0.29, 0.717) is 24.7 Å². The lowest BCUT2D eigenvalue weighted by molar-refractivity contribution is 0.136. The molecule has 2 aliphatic heterocycles. The molecule has 0 spiro atoms. The molecule has 136 valence electrons. The molecule has 26 heavy (non-hydrogen) atoms. The third kappa shape index (κ3) is 3.17. The van der Waals surface area contributed by atoms with E-state index in [9.17, 15) is 4.79 Å². The van der Waals surface area contributed by atoms with Crippen LogP contribution in [0.15, 0.2) is 42.6 Å². The first kappa shape index (κ1) is 17.0. The summed E-state index contributed by atoms with van der Waals surface area (Å²) in [6, 6.07) is 11.6.